The molecule has 3 unspecified atom stereocenters. The van der Waals surface area contributed by atoms with Gasteiger partial charge in [0, 0.05) is 13.0 Å². The lowest BCUT2D eigenvalue weighted by Crippen LogP contribution is -2.28. The highest BCUT2D eigenvalue weighted by Crippen LogP contribution is 2.12. The van der Waals surface area contributed by atoms with Crippen molar-refractivity contribution in [3.05, 3.63) is 0 Å². The molecule has 0 heterocycles. The Morgan fingerprint density at radius 1 is 1.18 bits per heavy atom. The van der Waals surface area contributed by atoms with Crippen LogP contribution in [0.2, 0.25) is 0 Å². The minimum Gasteiger partial charge on any atom is -0.464 e. The van der Waals surface area contributed by atoms with Crippen LogP contribution >= 0.6 is 0 Å². The van der Waals surface area contributed by atoms with Crippen molar-refractivity contribution in [3.8, 4) is 0 Å². The highest BCUT2D eigenvalue weighted by molar-refractivity contribution is 5.37. The van der Waals surface area contributed by atoms with E-state index >= 15 is 0 Å². The fourth-order valence-corrected chi connectivity index (χ4v) is 0.808. The monoisotopic (exact) mass is 160 g/mol. The number of hydrogen-bond acceptors (Lipinski definition) is 3. The molecule has 0 aromatic heterocycles. The van der Waals surface area contributed by atoms with E-state index in [-0.39, 0.29) is 18.1 Å². The fourth-order valence-electron chi connectivity index (χ4n) is 0.808. The van der Waals surface area contributed by atoms with E-state index in [1.165, 1.54) is 0 Å². The van der Waals surface area contributed by atoms with Crippen LogP contribution in [0.15, 0.2) is 0 Å². The molecular formula is C8H16O3. The molecule has 66 valence electrons. The molecule has 0 rings (SSSR count). The van der Waals surface area contributed by atoms with E-state index in [9.17, 15) is 4.79 Å². The minimum atomic E-state index is -0.0811. The van der Waals surface area contributed by atoms with Crippen LogP contribution in [0.4, 0.5) is 0 Å². The summed E-state index contributed by atoms with van der Waals surface area (Å²) >= 11 is 0. The molecule has 0 N–H and O–H groups in total. The van der Waals surface area contributed by atoms with E-state index in [2.05, 4.69) is 0 Å². The van der Waals surface area contributed by atoms with E-state index in [0.29, 0.717) is 6.47 Å². The Kier molecular flexibility index (Phi) is 4.86. The first kappa shape index (κ1) is 10.4. The summed E-state index contributed by atoms with van der Waals surface area (Å²) in [6.07, 6.45) is 0.0346. The third-order valence-corrected chi connectivity index (χ3v) is 2.12. The molecule has 0 spiro atoms. The first-order valence-corrected chi connectivity index (χ1v) is 3.75. The van der Waals surface area contributed by atoms with Crippen molar-refractivity contribution in [1.82, 2.24) is 0 Å². The number of ether oxygens (including phenoxy) is 2. The van der Waals surface area contributed by atoms with Gasteiger partial charge in [-0.2, -0.15) is 0 Å². The van der Waals surface area contributed by atoms with Crippen molar-refractivity contribution in [2.75, 3.05) is 7.11 Å². The zero-order valence-corrected chi connectivity index (χ0v) is 7.53. The molecule has 11 heavy (non-hydrogen) atoms. The van der Waals surface area contributed by atoms with Gasteiger partial charge in [-0.05, 0) is 13.8 Å². The summed E-state index contributed by atoms with van der Waals surface area (Å²) < 4.78 is 9.85. The van der Waals surface area contributed by atoms with Crippen LogP contribution in [-0.4, -0.2) is 25.8 Å². The van der Waals surface area contributed by atoms with Crippen LogP contribution in [0.25, 0.3) is 0 Å². The number of methoxy groups -OCH3 is 1. The predicted molar refractivity (Wildman–Crippen MR) is 42.2 cm³/mol. The Balaban J connectivity index is 3.79. The Hall–Kier alpha value is -0.570. The Labute approximate surface area is 67.7 Å². The fraction of sp³-hybridized carbons (Fsp3) is 0.875. The Bertz CT molecular complexity index is 114. The molecule has 0 fully saturated rings. The van der Waals surface area contributed by atoms with Gasteiger partial charge in [0.2, 0.25) is 0 Å². The Morgan fingerprint density at radius 2 is 1.73 bits per heavy atom. The highest BCUT2D eigenvalue weighted by Gasteiger charge is 2.19. The number of carbonyl (C=O) groups excluding carboxylic acids is 1. The van der Waals surface area contributed by atoms with E-state index in [1.54, 1.807) is 7.11 Å². The molecule has 3 atom stereocenters. The number of hydrogen-bond donors (Lipinski definition) is 0. The van der Waals surface area contributed by atoms with Gasteiger partial charge in [0.1, 0.15) is 6.10 Å². The largest absolute Gasteiger partial charge is 0.464 e. The van der Waals surface area contributed by atoms with Crippen LogP contribution in [-0.2, 0) is 14.3 Å². The van der Waals surface area contributed by atoms with E-state index in [4.69, 9.17) is 9.47 Å². The van der Waals surface area contributed by atoms with E-state index in [1.807, 2.05) is 20.8 Å². The lowest BCUT2D eigenvalue weighted by molar-refractivity contribution is -0.137. The van der Waals surface area contributed by atoms with Gasteiger partial charge >= 0.3 is 0 Å². The first-order valence-electron chi connectivity index (χ1n) is 3.75. The maximum absolute atomic E-state index is 9.97. The van der Waals surface area contributed by atoms with Gasteiger partial charge in [0.05, 0.1) is 6.10 Å². The summed E-state index contributed by atoms with van der Waals surface area (Å²) in [6, 6.07) is 0. The highest BCUT2D eigenvalue weighted by atomic mass is 16.5. The molecule has 0 aliphatic carbocycles. The van der Waals surface area contributed by atoms with Crippen molar-refractivity contribution in [2.24, 2.45) is 5.92 Å². The molecule has 0 radical (unpaired) electrons. The second kappa shape index (κ2) is 5.13. The smallest absolute Gasteiger partial charge is 0.293 e. The van der Waals surface area contributed by atoms with Gasteiger partial charge in [-0.25, -0.2) is 0 Å². The van der Waals surface area contributed by atoms with Gasteiger partial charge in [0.25, 0.3) is 6.47 Å². The minimum absolute atomic E-state index is 0.0811. The SMILES string of the molecule is COC(C)C(C)C(C)OC=O. The molecule has 0 aliphatic heterocycles. The van der Waals surface area contributed by atoms with Crippen LogP contribution in [0.1, 0.15) is 20.8 Å². The van der Waals surface area contributed by atoms with Gasteiger partial charge in [-0.3, -0.25) is 4.79 Å². The van der Waals surface area contributed by atoms with Crippen LogP contribution < -0.4 is 0 Å². The molecular weight excluding hydrogens is 144 g/mol. The topological polar surface area (TPSA) is 35.5 Å². The van der Waals surface area contributed by atoms with Gasteiger partial charge in [-0.15, -0.1) is 0 Å². The van der Waals surface area contributed by atoms with Gasteiger partial charge in [0.15, 0.2) is 0 Å². The summed E-state index contributed by atoms with van der Waals surface area (Å²) in [7, 11) is 1.65. The van der Waals surface area contributed by atoms with Crippen molar-refractivity contribution in [1.29, 1.82) is 0 Å². The van der Waals surface area contributed by atoms with E-state index < -0.39 is 0 Å². The molecule has 0 bridgehead atoms. The quantitative estimate of drug-likeness (QED) is 0.567. The molecule has 0 amide bonds. The van der Waals surface area contributed by atoms with Crippen molar-refractivity contribution < 1.29 is 14.3 Å². The zero-order valence-electron chi connectivity index (χ0n) is 7.53. The maximum Gasteiger partial charge on any atom is 0.293 e. The summed E-state index contributed by atoms with van der Waals surface area (Å²) in [5, 5.41) is 0. The summed E-state index contributed by atoms with van der Waals surface area (Å²) in [4.78, 5) is 9.97. The van der Waals surface area contributed by atoms with Crippen LogP contribution in [0.5, 0.6) is 0 Å². The second-order valence-electron chi connectivity index (χ2n) is 2.74. The van der Waals surface area contributed by atoms with Crippen molar-refractivity contribution >= 4 is 6.47 Å². The molecule has 0 aliphatic rings. The van der Waals surface area contributed by atoms with Gasteiger partial charge in [-0.1, -0.05) is 6.92 Å². The lowest BCUT2D eigenvalue weighted by atomic mass is 10.0. The standard InChI is InChI=1S/C8H16O3/c1-6(7(2)10-4)8(3)11-5-9/h5-8H,1-4H3. The van der Waals surface area contributed by atoms with E-state index in [0.717, 1.165) is 0 Å². The average molecular weight is 160 g/mol. The third kappa shape index (κ3) is 3.37. The summed E-state index contributed by atoms with van der Waals surface area (Å²) in [5.74, 6) is 0.227. The average Bonchev–Trinajstić information content (AvgIpc) is 2.02. The number of rotatable bonds is 5. The Morgan fingerprint density at radius 3 is 2.09 bits per heavy atom. The first-order chi connectivity index (χ1) is 5.13. The van der Waals surface area contributed by atoms with Crippen molar-refractivity contribution in [3.63, 3.8) is 0 Å². The molecule has 0 saturated carbocycles. The summed E-state index contributed by atoms with van der Waals surface area (Å²) in [6.45, 7) is 6.27. The van der Waals surface area contributed by atoms with Gasteiger partial charge < -0.3 is 9.47 Å². The van der Waals surface area contributed by atoms with Crippen LogP contribution in [0, 0.1) is 5.92 Å². The zero-order chi connectivity index (χ0) is 8.85. The molecule has 3 heteroatoms. The number of carbonyl (C=O) groups is 1. The van der Waals surface area contributed by atoms with Crippen LogP contribution in [0.3, 0.4) is 0 Å². The molecule has 0 aromatic carbocycles. The normalized spacial score (nSPS) is 18.5. The lowest BCUT2D eigenvalue weighted by Gasteiger charge is -2.23. The maximum atomic E-state index is 9.97. The summed E-state index contributed by atoms with van der Waals surface area (Å²) in [5.41, 5.74) is 0. The molecule has 0 saturated heterocycles. The second-order valence-corrected chi connectivity index (χ2v) is 2.74. The molecule has 0 aromatic rings. The third-order valence-electron chi connectivity index (χ3n) is 2.12. The predicted octanol–water partition coefficient (Wildman–Crippen LogP) is 1.22. The van der Waals surface area contributed by atoms with Crippen molar-refractivity contribution in [2.45, 2.75) is 33.0 Å². The molecule has 3 nitrogen and oxygen atoms in total.